The molecule has 0 aliphatic carbocycles. The molecule has 2 aliphatic rings. The van der Waals surface area contributed by atoms with Gasteiger partial charge in [-0.2, -0.15) is 5.10 Å². The summed E-state index contributed by atoms with van der Waals surface area (Å²) in [6.07, 6.45) is 6.18. The van der Waals surface area contributed by atoms with Crippen molar-refractivity contribution in [1.29, 1.82) is 0 Å². The van der Waals surface area contributed by atoms with Crippen LogP contribution in [-0.4, -0.2) is 33.2 Å². The number of rotatable bonds is 2. The Labute approximate surface area is 129 Å². The number of aryl methyl sites for hydroxylation is 1. The van der Waals surface area contributed by atoms with Gasteiger partial charge in [-0.25, -0.2) is 0 Å². The zero-order chi connectivity index (χ0) is 15.1. The maximum atomic E-state index is 12.9. The molecule has 2 atom stereocenters. The highest BCUT2D eigenvalue weighted by atomic mass is 16.5. The van der Waals surface area contributed by atoms with Crippen LogP contribution in [0.15, 0.2) is 36.7 Å². The van der Waals surface area contributed by atoms with Crippen molar-refractivity contribution in [3.05, 3.63) is 47.8 Å². The minimum Gasteiger partial charge on any atom is -0.480 e. The molecule has 1 aromatic heterocycles. The maximum absolute atomic E-state index is 12.9. The first-order valence-electron chi connectivity index (χ1n) is 7.76. The summed E-state index contributed by atoms with van der Waals surface area (Å²) in [5.74, 6) is 0.945. The van der Waals surface area contributed by atoms with Gasteiger partial charge in [-0.05, 0) is 24.5 Å². The van der Waals surface area contributed by atoms with E-state index in [9.17, 15) is 4.79 Å². The van der Waals surface area contributed by atoms with E-state index in [1.165, 1.54) is 0 Å². The summed E-state index contributed by atoms with van der Waals surface area (Å²) >= 11 is 0. The number of ether oxygens (including phenoxy) is 1. The monoisotopic (exact) mass is 297 g/mol. The minimum absolute atomic E-state index is 0.0996. The van der Waals surface area contributed by atoms with Crippen LogP contribution in [0.2, 0.25) is 0 Å². The molecule has 22 heavy (non-hydrogen) atoms. The normalized spacial score (nSPS) is 23.4. The molecular formula is C17H19N3O2. The zero-order valence-corrected chi connectivity index (χ0v) is 12.6. The van der Waals surface area contributed by atoms with Crippen LogP contribution in [0.3, 0.4) is 0 Å². The van der Waals surface area contributed by atoms with E-state index in [4.69, 9.17) is 4.74 Å². The molecule has 1 aromatic carbocycles. The number of benzene rings is 1. The Kier molecular flexibility index (Phi) is 3.13. The van der Waals surface area contributed by atoms with Crippen molar-refractivity contribution in [2.45, 2.75) is 31.4 Å². The second kappa shape index (κ2) is 5.16. The molecule has 0 spiro atoms. The molecule has 0 bridgehead atoms. The van der Waals surface area contributed by atoms with Gasteiger partial charge in [0, 0.05) is 31.8 Å². The first-order chi connectivity index (χ1) is 10.7. The maximum Gasteiger partial charge on any atom is 0.264 e. The molecule has 1 amide bonds. The standard InChI is InChI=1S/C17H19N3O2/c1-19-11-13(10-18-19)14-6-4-8-20(14)17(21)16-9-12-5-2-3-7-15(12)22-16/h2-3,5,7,10-11,14,16H,4,6,8-9H2,1H3. The average molecular weight is 297 g/mol. The molecule has 0 N–H and O–H groups in total. The number of amides is 1. The molecule has 2 unspecified atom stereocenters. The summed E-state index contributed by atoms with van der Waals surface area (Å²) < 4.78 is 7.65. The molecule has 1 saturated heterocycles. The summed E-state index contributed by atoms with van der Waals surface area (Å²) in [6, 6.07) is 8.04. The van der Waals surface area contributed by atoms with E-state index in [0.29, 0.717) is 6.42 Å². The lowest BCUT2D eigenvalue weighted by molar-refractivity contribution is -0.138. The number of nitrogens with zero attached hydrogens (tertiary/aromatic N) is 3. The molecule has 5 heteroatoms. The van der Waals surface area contributed by atoms with Crippen LogP contribution in [0.4, 0.5) is 0 Å². The van der Waals surface area contributed by atoms with Crippen LogP contribution in [-0.2, 0) is 18.3 Å². The summed E-state index contributed by atoms with van der Waals surface area (Å²) in [4.78, 5) is 14.8. The van der Waals surface area contributed by atoms with E-state index >= 15 is 0 Å². The average Bonchev–Trinajstić information content (AvgIpc) is 3.24. The molecule has 2 aromatic rings. The second-order valence-corrected chi connectivity index (χ2v) is 6.06. The van der Waals surface area contributed by atoms with Crippen molar-refractivity contribution in [3.63, 3.8) is 0 Å². The van der Waals surface area contributed by atoms with Crippen LogP contribution in [0.25, 0.3) is 0 Å². The molecule has 4 rings (SSSR count). The molecule has 0 saturated carbocycles. The van der Waals surface area contributed by atoms with Gasteiger partial charge in [-0.15, -0.1) is 0 Å². The highest BCUT2D eigenvalue weighted by Gasteiger charge is 2.38. The van der Waals surface area contributed by atoms with E-state index in [-0.39, 0.29) is 18.1 Å². The zero-order valence-electron chi connectivity index (χ0n) is 12.6. The van der Waals surface area contributed by atoms with E-state index in [2.05, 4.69) is 5.10 Å². The quantitative estimate of drug-likeness (QED) is 0.853. The Bertz CT molecular complexity index is 684. The smallest absolute Gasteiger partial charge is 0.264 e. The molecule has 2 aliphatic heterocycles. The van der Waals surface area contributed by atoms with Gasteiger partial charge in [0.15, 0.2) is 6.10 Å². The van der Waals surface area contributed by atoms with Gasteiger partial charge in [-0.1, -0.05) is 18.2 Å². The van der Waals surface area contributed by atoms with E-state index in [0.717, 1.165) is 36.3 Å². The Morgan fingerprint density at radius 3 is 3.00 bits per heavy atom. The lowest BCUT2D eigenvalue weighted by Crippen LogP contribution is -2.40. The number of carbonyl (C=O) groups excluding carboxylic acids is 1. The van der Waals surface area contributed by atoms with Crippen molar-refractivity contribution in [3.8, 4) is 5.75 Å². The predicted octanol–water partition coefficient (Wildman–Crippen LogP) is 2.09. The number of hydrogen-bond donors (Lipinski definition) is 0. The van der Waals surface area contributed by atoms with Gasteiger partial charge in [-0.3, -0.25) is 9.48 Å². The third-order valence-corrected chi connectivity index (χ3v) is 4.57. The van der Waals surface area contributed by atoms with Crippen molar-refractivity contribution in [1.82, 2.24) is 14.7 Å². The largest absolute Gasteiger partial charge is 0.480 e. The van der Waals surface area contributed by atoms with Crippen molar-refractivity contribution in [2.24, 2.45) is 7.05 Å². The van der Waals surface area contributed by atoms with Gasteiger partial charge >= 0.3 is 0 Å². The van der Waals surface area contributed by atoms with Crippen LogP contribution >= 0.6 is 0 Å². The van der Waals surface area contributed by atoms with Gasteiger partial charge < -0.3 is 9.64 Å². The SMILES string of the molecule is Cn1cc(C2CCCN2C(=O)C2Cc3ccccc3O2)cn1. The Balaban J connectivity index is 1.53. The third kappa shape index (κ3) is 2.17. The summed E-state index contributed by atoms with van der Waals surface area (Å²) in [6.45, 7) is 0.800. The Morgan fingerprint density at radius 2 is 2.23 bits per heavy atom. The van der Waals surface area contributed by atoms with Crippen LogP contribution in [0, 0.1) is 0 Å². The number of fused-ring (bicyclic) bond motifs is 1. The van der Waals surface area contributed by atoms with E-state index in [1.807, 2.05) is 48.6 Å². The summed E-state index contributed by atoms with van der Waals surface area (Å²) in [5.41, 5.74) is 2.24. The highest BCUT2D eigenvalue weighted by molar-refractivity contribution is 5.83. The lowest BCUT2D eigenvalue weighted by atomic mass is 10.1. The Hall–Kier alpha value is -2.30. The molecule has 0 radical (unpaired) electrons. The molecule has 3 heterocycles. The predicted molar refractivity (Wildman–Crippen MR) is 81.5 cm³/mol. The number of carbonyl (C=O) groups is 1. The fourth-order valence-electron chi connectivity index (χ4n) is 3.49. The van der Waals surface area contributed by atoms with Gasteiger partial charge in [0.25, 0.3) is 5.91 Å². The molecule has 1 fully saturated rings. The second-order valence-electron chi connectivity index (χ2n) is 6.06. The first-order valence-corrected chi connectivity index (χ1v) is 7.76. The molecule has 114 valence electrons. The third-order valence-electron chi connectivity index (χ3n) is 4.57. The van der Waals surface area contributed by atoms with Crippen LogP contribution < -0.4 is 4.74 Å². The first kappa shape index (κ1) is 13.4. The number of likely N-dealkylation sites (tertiary alicyclic amines) is 1. The van der Waals surface area contributed by atoms with Crippen LogP contribution in [0.1, 0.15) is 30.0 Å². The number of para-hydroxylation sites is 1. The number of hydrogen-bond acceptors (Lipinski definition) is 3. The lowest BCUT2D eigenvalue weighted by Gasteiger charge is -2.26. The van der Waals surface area contributed by atoms with Crippen molar-refractivity contribution in [2.75, 3.05) is 6.54 Å². The summed E-state index contributed by atoms with van der Waals surface area (Å²) in [7, 11) is 1.90. The molecular weight excluding hydrogens is 278 g/mol. The van der Waals surface area contributed by atoms with Crippen LogP contribution in [0.5, 0.6) is 5.75 Å². The minimum atomic E-state index is -0.380. The van der Waals surface area contributed by atoms with Gasteiger partial charge in [0.1, 0.15) is 5.75 Å². The van der Waals surface area contributed by atoms with E-state index in [1.54, 1.807) is 4.68 Å². The number of aromatic nitrogens is 2. The Morgan fingerprint density at radius 1 is 1.36 bits per heavy atom. The van der Waals surface area contributed by atoms with Gasteiger partial charge in [0.05, 0.1) is 12.2 Å². The molecule has 5 nitrogen and oxygen atoms in total. The fourth-order valence-corrected chi connectivity index (χ4v) is 3.49. The van der Waals surface area contributed by atoms with E-state index < -0.39 is 0 Å². The fraction of sp³-hybridized carbons (Fsp3) is 0.412. The van der Waals surface area contributed by atoms with Gasteiger partial charge in [0.2, 0.25) is 0 Å². The summed E-state index contributed by atoms with van der Waals surface area (Å²) in [5, 5.41) is 4.23. The van der Waals surface area contributed by atoms with Crippen molar-refractivity contribution < 1.29 is 9.53 Å². The topological polar surface area (TPSA) is 47.4 Å². The highest BCUT2D eigenvalue weighted by Crippen LogP contribution is 2.35. The van der Waals surface area contributed by atoms with Crippen molar-refractivity contribution >= 4 is 5.91 Å².